The van der Waals surface area contributed by atoms with Crippen LogP contribution < -0.4 is 11.1 Å². The maximum Gasteiger partial charge on any atom is 0.312 e. The summed E-state index contributed by atoms with van der Waals surface area (Å²) in [7, 11) is -0.837. The number of urea groups is 1. The predicted octanol–water partition coefficient (Wildman–Crippen LogP) is 0.969. The third-order valence-corrected chi connectivity index (χ3v) is 5.34. The van der Waals surface area contributed by atoms with E-state index in [1.165, 1.54) is 24.9 Å². The molecule has 2 amide bonds. The van der Waals surface area contributed by atoms with Gasteiger partial charge in [0.2, 0.25) is 0 Å². The molecular weight excluding hydrogens is 196 g/mol. The molecule has 0 radical (unpaired) electrons. The normalized spacial score (nSPS) is 21.9. The molecule has 14 heavy (non-hydrogen) atoms. The van der Waals surface area contributed by atoms with Crippen LogP contribution in [0.5, 0.6) is 0 Å². The molecule has 1 aliphatic heterocycles. The zero-order chi connectivity index (χ0) is 10.2. The summed E-state index contributed by atoms with van der Waals surface area (Å²) in [5.74, 6) is 0. The van der Waals surface area contributed by atoms with Crippen molar-refractivity contribution in [3.8, 4) is 0 Å². The fraction of sp³-hybridized carbons (Fsp3) is 0.889. The van der Waals surface area contributed by atoms with Crippen molar-refractivity contribution < 1.29 is 9.22 Å². The molecule has 0 aromatic heterocycles. The Kier molecular flexibility index (Phi) is 5.63. The highest BCUT2D eigenvalue weighted by Crippen LogP contribution is 2.15. The molecule has 1 rings (SSSR count). The van der Waals surface area contributed by atoms with Gasteiger partial charge in [0.05, 0.1) is 0 Å². The van der Waals surface area contributed by atoms with Gasteiger partial charge in [-0.05, 0) is 24.9 Å². The highest BCUT2D eigenvalue weighted by Gasteiger charge is 2.14. The number of carbonyl (C=O) groups is 1. The molecule has 0 aromatic rings. The third-order valence-electron chi connectivity index (χ3n) is 2.53. The molecule has 0 bridgehead atoms. The van der Waals surface area contributed by atoms with Crippen LogP contribution >= 0.6 is 0 Å². The molecule has 0 saturated carbocycles. The number of primary amides is 1. The van der Waals surface area contributed by atoms with Crippen molar-refractivity contribution in [1.29, 1.82) is 0 Å². The Bertz CT molecular complexity index is 172. The average Bonchev–Trinajstić information content (AvgIpc) is 2.18. The second-order valence-electron chi connectivity index (χ2n) is 3.78. The molecule has 1 fully saturated rings. The fourth-order valence-corrected chi connectivity index (χ4v) is 4.35. The summed E-state index contributed by atoms with van der Waals surface area (Å²) in [4.78, 5) is 10.4. The Morgan fingerprint density at radius 3 is 2.93 bits per heavy atom. The number of hydrogen-bond acceptors (Lipinski definition) is 2. The number of hydrogen-bond donors (Lipinski definition) is 2. The summed E-state index contributed by atoms with van der Waals surface area (Å²) < 4.78 is 5.73. The van der Waals surface area contributed by atoms with Gasteiger partial charge >= 0.3 is 6.03 Å². The fourth-order valence-electron chi connectivity index (χ4n) is 1.74. The molecule has 0 aromatic carbocycles. The van der Waals surface area contributed by atoms with E-state index in [0.29, 0.717) is 6.54 Å². The van der Waals surface area contributed by atoms with E-state index in [4.69, 9.17) is 10.2 Å². The Hall–Kier alpha value is -0.553. The summed E-state index contributed by atoms with van der Waals surface area (Å²) >= 11 is 0. The van der Waals surface area contributed by atoms with Gasteiger partial charge in [-0.25, -0.2) is 4.79 Å². The van der Waals surface area contributed by atoms with Crippen molar-refractivity contribution >= 4 is 15.1 Å². The minimum absolute atomic E-state index is 0.420. The third kappa shape index (κ3) is 5.24. The van der Waals surface area contributed by atoms with Crippen LogP contribution in [0.3, 0.4) is 0 Å². The van der Waals surface area contributed by atoms with Crippen molar-refractivity contribution in [3.05, 3.63) is 0 Å². The van der Waals surface area contributed by atoms with Gasteiger partial charge in [0, 0.05) is 13.2 Å². The van der Waals surface area contributed by atoms with Crippen molar-refractivity contribution in [2.24, 2.45) is 5.73 Å². The van der Waals surface area contributed by atoms with Crippen LogP contribution in [0.1, 0.15) is 25.7 Å². The molecule has 3 N–H and O–H groups in total. The molecular formula is C9H20N2O2Si. The zero-order valence-electron chi connectivity index (χ0n) is 8.63. The highest BCUT2D eigenvalue weighted by atomic mass is 28.3. The van der Waals surface area contributed by atoms with Crippen LogP contribution in [-0.4, -0.2) is 28.2 Å². The molecule has 0 aliphatic carbocycles. The Labute approximate surface area is 86.9 Å². The van der Waals surface area contributed by atoms with Crippen LogP contribution in [0.2, 0.25) is 12.1 Å². The smallest absolute Gasteiger partial charge is 0.312 e. The van der Waals surface area contributed by atoms with Gasteiger partial charge in [-0.15, -0.1) is 0 Å². The number of amides is 2. The number of unbranched alkanes of at least 4 members (excludes halogenated alkanes) is 1. The largest absolute Gasteiger partial charge is 0.420 e. The van der Waals surface area contributed by atoms with Crippen molar-refractivity contribution in [2.45, 2.75) is 37.8 Å². The first-order chi connectivity index (χ1) is 6.79. The van der Waals surface area contributed by atoms with Gasteiger partial charge in [0.1, 0.15) is 0 Å². The summed E-state index contributed by atoms with van der Waals surface area (Å²) in [6, 6.07) is 2.17. The van der Waals surface area contributed by atoms with Crippen LogP contribution in [0.15, 0.2) is 0 Å². The monoisotopic (exact) mass is 216 g/mol. The maximum absolute atomic E-state index is 10.4. The Morgan fingerprint density at radius 1 is 1.43 bits per heavy atom. The van der Waals surface area contributed by atoms with Gasteiger partial charge in [0.25, 0.3) is 0 Å². The first kappa shape index (κ1) is 11.5. The molecule has 5 heteroatoms. The lowest BCUT2D eigenvalue weighted by molar-refractivity contribution is 0.249. The molecule has 1 heterocycles. The summed E-state index contributed by atoms with van der Waals surface area (Å²) in [6.45, 7) is 1.69. The van der Waals surface area contributed by atoms with Crippen LogP contribution in [0, 0.1) is 0 Å². The minimum Gasteiger partial charge on any atom is -0.420 e. The molecule has 1 saturated heterocycles. The number of nitrogens with one attached hydrogen (secondary N) is 1. The van der Waals surface area contributed by atoms with Crippen LogP contribution in [0.4, 0.5) is 4.79 Å². The standard InChI is InChI=1S/C9H20N2O2Si/c10-9(12)11-5-1-3-7-14-8-4-2-6-13-14/h14H,1-8H2,(H3,10,11,12). The second kappa shape index (κ2) is 6.84. The lowest BCUT2D eigenvalue weighted by Gasteiger charge is -2.20. The Balaban J connectivity index is 1.90. The molecule has 82 valence electrons. The lowest BCUT2D eigenvalue weighted by Crippen LogP contribution is -2.30. The topological polar surface area (TPSA) is 64.4 Å². The average molecular weight is 216 g/mol. The summed E-state index contributed by atoms with van der Waals surface area (Å²) in [5, 5.41) is 2.60. The number of carbonyl (C=O) groups excluding carboxylic acids is 1. The SMILES string of the molecule is NC(=O)NCCCC[SiH]1CCCCO1. The number of rotatable bonds is 5. The van der Waals surface area contributed by atoms with Crippen molar-refractivity contribution in [2.75, 3.05) is 13.2 Å². The molecule has 1 unspecified atom stereocenters. The van der Waals surface area contributed by atoms with Crippen molar-refractivity contribution in [1.82, 2.24) is 5.32 Å². The van der Waals surface area contributed by atoms with Crippen molar-refractivity contribution in [3.63, 3.8) is 0 Å². The summed E-state index contributed by atoms with van der Waals surface area (Å²) in [5.41, 5.74) is 4.95. The van der Waals surface area contributed by atoms with Crippen LogP contribution in [0.25, 0.3) is 0 Å². The lowest BCUT2D eigenvalue weighted by atomic mass is 10.3. The number of nitrogens with two attached hydrogens (primary N) is 1. The van der Waals surface area contributed by atoms with Gasteiger partial charge < -0.3 is 15.5 Å². The van der Waals surface area contributed by atoms with E-state index in [2.05, 4.69) is 5.32 Å². The van der Waals surface area contributed by atoms with Gasteiger partial charge in [0.15, 0.2) is 9.04 Å². The van der Waals surface area contributed by atoms with E-state index in [9.17, 15) is 4.79 Å². The molecule has 1 atom stereocenters. The molecule has 4 nitrogen and oxygen atoms in total. The second-order valence-corrected chi connectivity index (χ2v) is 6.51. The van der Waals surface area contributed by atoms with Crippen LogP contribution in [-0.2, 0) is 4.43 Å². The zero-order valence-corrected chi connectivity index (χ0v) is 9.78. The van der Waals surface area contributed by atoms with Gasteiger partial charge in [-0.1, -0.05) is 12.8 Å². The Morgan fingerprint density at radius 2 is 2.29 bits per heavy atom. The first-order valence-corrected chi connectivity index (χ1v) is 7.54. The quantitative estimate of drug-likeness (QED) is 0.531. The molecule has 1 aliphatic rings. The maximum atomic E-state index is 10.4. The van der Waals surface area contributed by atoms with Gasteiger partial charge in [-0.3, -0.25) is 0 Å². The van der Waals surface area contributed by atoms with E-state index in [0.717, 1.165) is 19.4 Å². The van der Waals surface area contributed by atoms with E-state index < -0.39 is 15.1 Å². The highest BCUT2D eigenvalue weighted by molar-refractivity contribution is 6.51. The van der Waals surface area contributed by atoms with E-state index in [-0.39, 0.29) is 0 Å². The van der Waals surface area contributed by atoms with E-state index >= 15 is 0 Å². The predicted molar refractivity (Wildman–Crippen MR) is 58.8 cm³/mol. The molecule has 0 spiro atoms. The summed E-state index contributed by atoms with van der Waals surface area (Å²) in [6.07, 6.45) is 4.79. The van der Waals surface area contributed by atoms with E-state index in [1.807, 2.05) is 0 Å². The minimum atomic E-state index is -0.837. The van der Waals surface area contributed by atoms with Gasteiger partial charge in [-0.2, -0.15) is 0 Å². The first-order valence-electron chi connectivity index (χ1n) is 5.44. The van der Waals surface area contributed by atoms with E-state index in [1.54, 1.807) is 0 Å².